The predicted molar refractivity (Wildman–Crippen MR) is 117 cm³/mol. The molecule has 0 N–H and O–H groups in total. The van der Waals surface area contributed by atoms with Gasteiger partial charge in [-0.3, -0.25) is 4.79 Å². The maximum absolute atomic E-state index is 13.0. The fraction of sp³-hybridized carbons (Fsp3) is 0.318. The van der Waals surface area contributed by atoms with Crippen molar-refractivity contribution in [1.29, 1.82) is 0 Å². The number of allylic oxidation sites excluding steroid dienone is 1. The Morgan fingerprint density at radius 3 is 2.26 bits per heavy atom. The number of nitrogens with zero attached hydrogens (tertiary/aromatic N) is 2. The average Bonchev–Trinajstić information content (AvgIpc) is 2.67. The Morgan fingerprint density at radius 1 is 1.00 bits per heavy atom. The van der Waals surface area contributed by atoms with Crippen molar-refractivity contribution in [1.82, 2.24) is 9.80 Å². The van der Waals surface area contributed by atoms with Crippen molar-refractivity contribution in [2.24, 2.45) is 0 Å². The number of carbonyl (C=O) groups is 1. The summed E-state index contributed by atoms with van der Waals surface area (Å²) in [5.74, 6) is 0.185. The highest BCUT2D eigenvalue weighted by atomic mass is 35.5. The summed E-state index contributed by atoms with van der Waals surface area (Å²) in [7, 11) is 2.14. The summed E-state index contributed by atoms with van der Waals surface area (Å²) in [5.41, 5.74) is 2.72. The maximum atomic E-state index is 13.0. The van der Waals surface area contributed by atoms with E-state index in [1.54, 1.807) is 0 Å². The fourth-order valence-electron chi connectivity index (χ4n) is 3.13. The topological polar surface area (TPSA) is 23.6 Å². The summed E-state index contributed by atoms with van der Waals surface area (Å²) < 4.78 is 0. The molecule has 0 saturated carbocycles. The number of benzene rings is 2. The van der Waals surface area contributed by atoms with Crippen LogP contribution in [-0.2, 0) is 4.79 Å². The van der Waals surface area contributed by atoms with Gasteiger partial charge in [0.25, 0.3) is 0 Å². The Morgan fingerprint density at radius 2 is 1.63 bits per heavy atom. The van der Waals surface area contributed by atoms with Crippen LogP contribution in [0.1, 0.15) is 17.5 Å². The van der Waals surface area contributed by atoms with E-state index in [-0.39, 0.29) is 18.2 Å². The first-order chi connectivity index (χ1) is 12.6. The molecule has 0 bridgehead atoms. The quantitative estimate of drug-likeness (QED) is 0.522. The number of likely N-dealkylation sites (N-methyl/N-ethyl adjacent to an activating group) is 1. The molecule has 5 heteroatoms. The van der Waals surface area contributed by atoms with Crippen molar-refractivity contribution in [3.8, 4) is 0 Å². The molecule has 27 heavy (non-hydrogen) atoms. The van der Waals surface area contributed by atoms with Crippen molar-refractivity contribution < 1.29 is 4.79 Å². The zero-order chi connectivity index (χ0) is 18.4. The molecule has 1 fully saturated rings. The van der Waals surface area contributed by atoms with Crippen molar-refractivity contribution in [2.75, 3.05) is 39.8 Å². The summed E-state index contributed by atoms with van der Waals surface area (Å²) in [5, 5.41) is 0.699. The predicted octanol–water partition coefficient (Wildman–Crippen LogP) is 4.51. The number of halogens is 2. The number of carbonyl (C=O) groups excluding carboxylic acids is 1. The molecule has 2 aromatic rings. The van der Waals surface area contributed by atoms with Crippen LogP contribution in [0.5, 0.6) is 0 Å². The Bertz CT molecular complexity index is 752. The molecule has 0 aromatic heterocycles. The van der Waals surface area contributed by atoms with Gasteiger partial charge in [-0.15, -0.1) is 12.4 Å². The van der Waals surface area contributed by atoms with Crippen molar-refractivity contribution in [2.45, 2.75) is 6.42 Å². The number of hydrogen-bond donors (Lipinski definition) is 0. The largest absolute Gasteiger partial charge is 0.304 e. The van der Waals surface area contributed by atoms with Crippen molar-refractivity contribution >= 4 is 41.4 Å². The molecule has 0 aliphatic carbocycles. The van der Waals surface area contributed by atoms with E-state index in [0.717, 1.165) is 49.4 Å². The lowest BCUT2D eigenvalue weighted by atomic mass is 9.97. The summed E-state index contributed by atoms with van der Waals surface area (Å²) in [4.78, 5) is 17.7. The van der Waals surface area contributed by atoms with Gasteiger partial charge in [-0.05, 0) is 36.4 Å². The third kappa shape index (κ3) is 6.47. The molecule has 2 aromatic carbocycles. The standard InChI is InChI=1S/C22H25ClN2O.ClH/c1-24-13-15-25(16-14-24)12-11-22(26)21(19-5-3-2-4-6-19)17-18-7-9-20(23)10-8-18;/h2-10,17H,11-16H2,1H3;1H/b21-17-;. The minimum absolute atomic E-state index is 0. The highest BCUT2D eigenvalue weighted by molar-refractivity contribution is 6.30. The highest BCUT2D eigenvalue weighted by Crippen LogP contribution is 2.22. The van der Waals surface area contributed by atoms with Crippen LogP contribution in [0.4, 0.5) is 0 Å². The van der Waals surface area contributed by atoms with Crippen LogP contribution < -0.4 is 0 Å². The van der Waals surface area contributed by atoms with E-state index in [4.69, 9.17) is 11.6 Å². The Balaban J connectivity index is 0.00000261. The maximum Gasteiger partial charge on any atom is 0.164 e. The zero-order valence-corrected chi connectivity index (χ0v) is 17.2. The van der Waals surface area contributed by atoms with Crippen LogP contribution in [0, 0.1) is 0 Å². The molecule has 1 aliphatic heterocycles. The van der Waals surface area contributed by atoms with Gasteiger partial charge in [-0.2, -0.15) is 0 Å². The minimum Gasteiger partial charge on any atom is -0.304 e. The molecule has 1 heterocycles. The molecule has 3 rings (SSSR count). The van der Waals surface area contributed by atoms with Gasteiger partial charge in [0.1, 0.15) is 0 Å². The van der Waals surface area contributed by atoms with Crippen molar-refractivity contribution in [3.63, 3.8) is 0 Å². The Kier molecular flexibility index (Phi) is 8.52. The van der Waals surface area contributed by atoms with Crippen LogP contribution in [0.15, 0.2) is 54.6 Å². The van der Waals surface area contributed by atoms with E-state index in [9.17, 15) is 4.79 Å². The highest BCUT2D eigenvalue weighted by Gasteiger charge is 2.17. The number of rotatable bonds is 6. The second kappa shape index (κ2) is 10.6. The van der Waals surface area contributed by atoms with Gasteiger partial charge in [0.05, 0.1) is 0 Å². The lowest BCUT2D eigenvalue weighted by Gasteiger charge is -2.32. The van der Waals surface area contributed by atoms with E-state index in [0.29, 0.717) is 11.4 Å². The molecule has 1 aliphatic rings. The lowest BCUT2D eigenvalue weighted by molar-refractivity contribution is -0.114. The normalized spacial score (nSPS) is 16.0. The smallest absolute Gasteiger partial charge is 0.164 e. The van der Waals surface area contributed by atoms with Gasteiger partial charge < -0.3 is 9.80 Å². The van der Waals surface area contributed by atoms with Gasteiger partial charge in [0.15, 0.2) is 5.78 Å². The first kappa shape index (κ1) is 21.6. The number of hydrogen-bond acceptors (Lipinski definition) is 3. The molecular weight excluding hydrogens is 379 g/mol. The van der Waals surface area contributed by atoms with Gasteiger partial charge in [-0.1, -0.05) is 54.1 Å². The molecule has 0 atom stereocenters. The molecule has 0 spiro atoms. The minimum atomic E-state index is 0. The van der Waals surface area contributed by atoms with Gasteiger partial charge >= 0.3 is 0 Å². The van der Waals surface area contributed by atoms with Gasteiger partial charge in [0.2, 0.25) is 0 Å². The van der Waals surface area contributed by atoms with Crippen LogP contribution in [-0.4, -0.2) is 55.4 Å². The molecule has 0 radical (unpaired) electrons. The van der Waals surface area contributed by atoms with E-state index < -0.39 is 0 Å². The summed E-state index contributed by atoms with van der Waals surface area (Å²) in [6.07, 6.45) is 2.51. The number of piperazine rings is 1. The summed E-state index contributed by atoms with van der Waals surface area (Å²) >= 11 is 5.98. The summed E-state index contributed by atoms with van der Waals surface area (Å²) in [6.45, 7) is 5.02. The SMILES string of the molecule is CN1CCN(CCC(=O)/C(=C\c2ccc(Cl)cc2)c2ccccc2)CC1.Cl. The van der Waals surface area contributed by atoms with E-state index >= 15 is 0 Å². The Hall–Kier alpha value is -1.65. The van der Waals surface area contributed by atoms with Crippen LogP contribution >= 0.6 is 24.0 Å². The lowest BCUT2D eigenvalue weighted by Crippen LogP contribution is -2.45. The van der Waals surface area contributed by atoms with Crippen molar-refractivity contribution in [3.05, 3.63) is 70.7 Å². The third-order valence-electron chi connectivity index (χ3n) is 4.82. The molecular formula is C22H26Cl2N2O. The number of Topliss-reactive ketones (excluding diaryl/α,β-unsaturated/α-hetero) is 1. The second-order valence-electron chi connectivity index (χ2n) is 6.79. The van der Waals surface area contributed by atoms with Crippen LogP contribution in [0.2, 0.25) is 5.02 Å². The molecule has 144 valence electrons. The zero-order valence-electron chi connectivity index (χ0n) is 15.6. The van der Waals surface area contributed by atoms with Crippen LogP contribution in [0.3, 0.4) is 0 Å². The monoisotopic (exact) mass is 404 g/mol. The van der Waals surface area contributed by atoms with E-state index in [1.165, 1.54) is 0 Å². The number of ketones is 1. The van der Waals surface area contributed by atoms with E-state index in [2.05, 4.69) is 16.8 Å². The Labute approximate surface area is 173 Å². The molecule has 3 nitrogen and oxygen atoms in total. The second-order valence-corrected chi connectivity index (χ2v) is 7.23. The average molecular weight is 405 g/mol. The third-order valence-corrected chi connectivity index (χ3v) is 5.07. The molecule has 0 unspecified atom stereocenters. The first-order valence-electron chi connectivity index (χ1n) is 9.08. The molecule has 1 saturated heterocycles. The summed E-state index contributed by atoms with van der Waals surface area (Å²) in [6, 6.07) is 17.5. The first-order valence-corrected chi connectivity index (χ1v) is 9.46. The van der Waals surface area contributed by atoms with Gasteiger partial charge in [-0.25, -0.2) is 0 Å². The van der Waals surface area contributed by atoms with Gasteiger partial charge in [0, 0.05) is 49.7 Å². The van der Waals surface area contributed by atoms with Crippen LogP contribution in [0.25, 0.3) is 11.6 Å². The fourth-order valence-corrected chi connectivity index (χ4v) is 3.26. The molecule has 0 amide bonds. The van der Waals surface area contributed by atoms with E-state index in [1.807, 2.05) is 60.7 Å².